The fourth-order valence-electron chi connectivity index (χ4n) is 2.38. The van der Waals surface area contributed by atoms with Gasteiger partial charge in [-0.25, -0.2) is 4.98 Å². The van der Waals surface area contributed by atoms with E-state index in [1.165, 1.54) is 54.4 Å². The second-order valence-corrected chi connectivity index (χ2v) is 6.05. The van der Waals surface area contributed by atoms with Gasteiger partial charge in [-0.15, -0.1) is 11.3 Å². The van der Waals surface area contributed by atoms with Crippen molar-refractivity contribution < 1.29 is 0 Å². The molecule has 1 saturated heterocycles. The molecule has 1 aromatic rings. The number of piperidine rings is 1. The number of nitrogens with one attached hydrogen (secondary N) is 1. The third-order valence-corrected chi connectivity index (χ3v) is 4.38. The van der Waals surface area contributed by atoms with Crippen LogP contribution in [0.2, 0.25) is 0 Å². The number of aromatic nitrogens is 1. The zero-order chi connectivity index (χ0) is 11.4. The number of aryl methyl sites for hydroxylation is 2. The number of nitrogens with zero attached hydrogens (tertiary/aromatic N) is 1. The van der Waals surface area contributed by atoms with E-state index >= 15 is 0 Å². The lowest BCUT2D eigenvalue weighted by Gasteiger charge is -2.21. The van der Waals surface area contributed by atoms with E-state index in [0.29, 0.717) is 0 Å². The summed E-state index contributed by atoms with van der Waals surface area (Å²) in [7, 11) is 0. The third kappa shape index (κ3) is 3.05. The first-order chi connectivity index (χ1) is 7.79. The average Bonchev–Trinajstić information content (AvgIpc) is 2.61. The molecule has 2 heterocycles. The molecule has 0 radical (unpaired) electrons. The molecule has 0 atom stereocenters. The second kappa shape index (κ2) is 5.78. The molecule has 1 aliphatic rings. The lowest BCUT2D eigenvalue weighted by Crippen LogP contribution is -2.28. The maximum atomic E-state index is 4.79. The number of hydrogen-bond donors (Lipinski definition) is 1. The number of thiazole rings is 1. The van der Waals surface area contributed by atoms with Gasteiger partial charge in [-0.1, -0.05) is 13.3 Å². The van der Waals surface area contributed by atoms with E-state index in [-0.39, 0.29) is 0 Å². The molecule has 2 nitrogen and oxygen atoms in total. The summed E-state index contributed by atoms with van der Waals surface area (Å²) in [5.41, 5.74) is 1.34. The first kappa shape index (κ1) is 12.1. The van der Waals surface area contributed by atoms with E-state index in [1.54, 1.807) is 0 Å². The van der Waals surface area contributed by atoms with E-state index in [1.807, 2.05) is 11.3 Å². The molecule has 0 unspecified atom stereocenters. The molecule has 1 aliphatic heterocycles. The average molecular weight is 238 g/mol. The summed E-state index contributed by atoms with van der Waals surface area (Å²) in [5, 5.41) is 4.79. The van der Waals surface area contributed by atoms with Crippen LogP contribution in [0.3, 0.4) is 0 Å². The highest BCUT2D eigenvalue weighted by Crippen LogP contribution is 2.24. The molecule has 0 aromatic carbocycles. The van der Waals surface area contributed by atoms with Gasteiger partial charge in [-0.3, -0.25) is 0 Å². The molecule has 0 spiro atoms. The molecule has 0 amide bonds. The van der Waals surface area contributed by atoms with Gasteiger partial charge in [0.25, 0.3) is 0 Å². The van der Waals surface area contributed by atoms with E-state index in [0.717, 1.165) is 12.3 Å². The Balaban J connectivity index is 1.95. The van der Waals surface area contributed by atoms with Crippen LogP contribution in [-0.2, 0) is 12.8 Å². The van der Waals surface area contributed by atoms with Crippen molar-refractivity contribution in [3.63, 3.8) is 0 Å². The lowest BCUT2D eigenvalue weighted by atomic mass is 9.95. The van der Waals surface area contributed by atoms with Crippen LogP contribution in [0.25, 0.3) is 0 Å². The molecule has 3 heteroatoms. The largest absolute Gasteiger partial charge is 0.317 e. The zero-order valence-electron chi connectivity index (χ0n) is 10.4. The summed E-state index contributed by atoms with van der Waals surface area (Å²) in [4.78, 5) is 6.23. The van der Waals surface area contributed by atoms with Gasteiger partial charge in [0.15, 0.2) is 0 Å². The molecule has 0 bridgehead atoms. The molecular weight excluding hydrogens is 216 g/mol. The van der Waals surface area contributed by atoms with Gasteiger partial charge in [-0.2, -0.15) is 0 Å². The lowest BCUT2D eigenvalue weighted by molar-refractivity contribution is 0.372. The van der Waals surface area contributed by atoms with Crippen molar-refractivity contribution in [1.82, 2.24) is 10.3 Å². The van der Waals surface area contributed by atoms with Crippen LogP contribution in [0.1, 0.15) is 41.8 Å². The van der Waals surface area contributed by atoms with Gasteiger partial charge >= 0.3 is 0 Å². The van der Waals surface area contributed by atoms with E-state index < -0.39 is 0 Å². The molecule has 1 aromatic heterocycles. The number of rotatable bonds is 4. The van der Waals surface area contributed by atoms with Gasteiger partial charge in [0, 0.05) is 11.3 Å². The minimum Gasteiger partial charge on any atom is -0.317 e. The Hall–Kier alpha value is -0.410. The molecule has 90 valence electrons. The minimum atomic E-state index is 0.862. The second-order valence-electron chi connectivity index (χ2n) is 4.76. The predicted molar refractivity (Wildman–Crippen MR) is 70.1 cm³/mol. The number of hydrogen-bond acceptors (Lipinski definition) is 3. The van der Waals surface area contributed by atoms with Gasteiger partial charge in [0.05, 0.1) is 10.7 Å². The predicted octanol–water partition coefficient (Wildman–Crippen LogP) is 2.95. The van der Waals surface area contributed by atoms with Crippen LogP contribution in [0, 0.1) is 12.8 Å². The molecule has 0 aliphatic carbocycles. The standard InChI is InChI=1S/C13H22N2S/c1-3-4-12-10(2)16-13(15-12)9-11-5-7-14-8-6-11/h11,14H,3-9H2,1-2H3. The Morgan fingerprint density at radius 3 is 2.81 bits per heavy atom. The van der Waals surface area contributed by atoms with Crippen LogP contribution in [0.4, 0.5) is 0 Å². The Labute approximate surface area is 102 Å². The van der Waals surface area contributed by atoms with Crippen LogP contribution in [0.15, 0.2) is 0 Å². The van der Waals surface area contributed by atoms with Crippen LogP contribution in [-0.4, -0.2) is 18.1 Å². The van der Waals surface area contributed by atoms with Crippen molar-refractivity contribution in [2.75, 3.05) is 13.1 Å². The summed E-state index contributed by atoms with van der Waals surface area (Å²) in [6, 6.07) is 0. The first-order valence-electron chi connectivity index (χ1n) is 6.45. The molecule has 0 saturated carbocycles. The van der Waals surface area contributed by atoms with E-state index in [9.17, 15) is 0 Å². The fourth-order valence-corrected chi connectivity index (χ4v) is 3.47. The van der Waals surface area contributed by atoms with Crippen LogP contribution < -0.4 is 5.32 Å². The Morgan fingerprint density at radius 1 is 1.38 bits per heavy atom. The summed E-state index contributed by atoms with van der Waals surface area (Å²) in [6.45, 7) is 6.83. The fraction of sp³-hybridized carbons (Fsp3) is 0.769. The highest BCUT2D eigenvalue weighted by Gasteiger charge is 2.16. The Morgan fingerprint density at radius 2 is 2.12 bits per heavy atom. The van der Waals surface area contributed by atoms with Gasteiger partial charge in [0.2, 0.25) is 0 Å². The zero-order valence-corrected chi connectivity index (χ0v) is 11.2. The maximum absolute atomic E-state index is 4.79. The van der Waals surface area contributed by atoms with Gasteiger partial charge in [-0.05, 0) is 45.2 Å². The van der Waals surface area contributed by atoms with Crippen molar-refractivity contribution in [2.24, 2.45) is 5.92 Å². The summed E-state index contributed by atoms with van der Waals surface area (Å²) >= 11 is 1.92. The quantitative estimate of drug-likeness (QED) is 0.872. The highest BCUT2D eigenvalue weighted by atomic mass is 32.1. The first-order valence-corrected chi connectivity index (χ1v) is 7.27. The molecular formula is C13H22N2S. The highest BCUT2D eigenvalue weighted by molar-refractivity contribution is 7.11. The SMILES string of the molecule is CCCc1nc(CC2CCNCC2)sc1C. The van der Waals surface area contributed by atoms with Gasteiger partial charge < -0.3 is 5.32 Å². The van der Waals surface area contributed by atoms with Crippen LogP contribution >= 0.6 is 11.3 Å². The summed E-state index contributed by atoms with van der Waals surface area (Å²) < 4.78 is 0. The topological polar surface area (TPSA) is 24.9 Å². The molecule has 1 N–H and O–H groups in total. The molecule has 16 heavy (non-hydrogen) atoms. The van der Waals surface area contributed by atoms with Crippen molar-refractivity contribution in [2.45, 2.75) is 46.0 Å². The Kier molecular flexibility index (Phi) is 4.36. The van der Waals surface area contributed by atoms with E-state index in [2.05, 4.69) is 19.2 Å². The molecule has 1 fully saturated rings. The maximum Gasteiger partial charge on any atom is 0.0933 e. The smallest absolute Gasteiger partial charge is 0.0933 e. The van der Waals surface area contributed by atoms with Crippen LogP contribution in [0.5, 0.6) is 0 Å². The van der Waals surface area contributed by atoms with Gasteiger partial charge in [0.1, 0.15) is 0 Å². The van der Waals surface area contributed by atoms with Crippen molar-refractivity contribution in [1.29, 1.82) is 0 Å². The van der Waals surface area contributed by atoms with E-state index in [4.69, 9.17) is 4.98 Å². The normalized spacial score (nSPS) is 17.9. The summed E-state index contributed by atoms with van der Waals surface area (Å²) in [5.74, 6) is 0.862. The monoisotopic (exact) mass is 238 g/mol. The minimum absolute atomic E-state index is 0.862. The van der Waals surface area contributed by atoms with Crippen molar-refractivity contribution in [3.8, 4) is 0 Å². The molecule has 2 rings (SSSR count). The third-order valence-electron chi connectivity index (χ3n) is 3.35. The summed E-state index contributed by atoms with van der Waals surface area (Å²) in [6.07, 6.45) is 6.20. The van der Waals surface area contributed by atoms with Crippen molar-refractivity contribution in [3.05, 3.63) is 15.6 Å². The Bertz CT molecular complexity index is 327. The van der Waals surface area contributed by atoms with Crippen molar-refractivity contribution >= 4 is 11.3 Å².